The number of rotatable bonds is 0. The third kappa shape index (κ3) is 8.84. The van der Waals surface area contributed by atoms with E-state index >= 15 is 0 Å². The van der Waals surface area contributed by atoms with E-state index in [9.17, 15) is 0 Å². The number of hydrogen-bond donors (Lipinski definition) is 0. The van der Waals surface area contributed by atoms with Crippen molar-refractivity contribution in [2.45, 2.75) is 0 Å². The molecule has 0 unspecified atom stereocenters. The van der Waals surface area contributed by atoms with Crippen molar-refractivity contribution in [1.29, 1.82) is 0 Å². The van der Waals surface area contributed by atoms with Gasteiger partial charge in [0.25, 0.3) is 0 Å². The first-order chi connectivity index (χ1) is 0. The quantitative estimate of drug-likeness (QED) is 0.476. The zero-order chi connectivity index (χ0) is 0. The van der Waals surface area contributed by atoms with Crippen LogP contribution in [-0.4, -0.2) is 26.2 Å². The SMILES string of the molecule is S.[BiH3].[Co].[Zn]. The van der Waals surface area contributed by atoms with Gasteiger partial charge in [-0.3, -0.25) is 0 Å². The van der Waals surface area contributed by atoms with Crippen LogP contribution < -0.4 is 0 Å². The van der Waals surface area contributed by atoms with Crippen LogP contribution in [0.15, 0.2) is 0 Å². The number of hydrogen-bond acceptors (Lipinski definition) is 0. The van der Waals surface area contributed by atoms with Crippen molar-refractivity contribution < 1.29 is 36.3 Å². The zero-order valence-corrected chi connectivity index (χ0v) is 12.8. The van der Waals surface area contributed by atoms with Gasteiger partial charge in [0, 0.05) is 36.3 Å². The summed E-state index contributed by atoms with van der Waals surface area (Å²) in [6.45, 7) is 0. The summed E-state index contributed by atoms with van der Waals surface area (Å²) in [6.07, 6.45) is 0. The monoisotopic (exact) mass is 369 g/mol. The van der Waals surface area contributed by atoms with Gasteiger partial charge in [0.1, 0.15) is 0 Å². The van der Waals surface area contributed by atoms with Gasteiger partial charge in [0.05, 0.1) is 0 Å². The molecule has 0 bridgehead atoms. The molecule has 4 heteroatoms. The van der Waals surface area contributed by atoms with Crippen LogP contribution in [0.5, 0.6) is 0 Å². The van der Waals surface area contributed by atoms with E-state index < -0.39 is 0 Å². The van der Waals surface area contributed by atoms with Crippen LogP contribution in [0.1, 0.15) is 0 Å². The van der Waals surface area contributed by atoms with Crippen molar-refractivity contribution in [3.05, 3.63) is 0 Å². The van der Waals surface area contributed by atoms with Crippen molar-refractivity contribution in [2.24, 2.45) is 0 Å². The molecule has 0 rings (SSSR count). The Bertz CT molecular complexity index is 8.00. The second-order valence-corrected chi connectivity index (χ2v) is 0. The summed E-state index contributed by atoms with van der Waals surface area (Å²) in [5.74, 6) is 0. The second-order valence-electron chi connectivity index (χ2n) is 0. The van der Waals surface area contributed by atoms with E-state index in [2.05, 4.69) is 0 Å². The molecule has 0 aromatic heterocycles. The fourth-order valence-corrected chi connectivity index (χ4v) is 0. The maximum Gasteiger partial charge on any atom is 0 e. The molecule has 0 amide bonds. The van der Waals surface area contributed by atoms with Crippen molar-refractivity contribution >= 4 is 39.7 Å². The van der Waals surface area contributed by atoms with Gasteiger partial charge < -0.3 is 0 Å². The third-order valence-corrected chi connectivity index (χ3v) is 0. The topological polar surface area (TPSA) is 0 Å². The molecule has 0 N–H and O–H groups in total. The Morgan fingerprint density at radius 2 is 1.00 bits per heavy atom. The van der Waals surface area contributed by atoms with E-state index in [1.54, 1.807) is 0 Å². The van der Waals surface area contributed by atoms with E-state index in [0.717, 1.165) is 0 Å². The van der Waals surface area contributed by atoms with Crippen LogP contribution in [0, 0.1) is 0 Å². The Hall–Kier alpha value is 2.36. The average Bonchev–Trinajstić information content (AvgIpc) is 0. The summed E-state index contributed by atoms with van der Waals surface area (Å²) in [6, 6.07) is 0. The first kappa shape index (κ1) is 32.8. The Balaban J connectivity index is 0. The molecule has 0 aromatic carbocycles. The molecule has 0 nitrogen and oxygen atoms in total. The molecular weight excluding hydrogens is 365 g/mol. The molecule has 1 radical (unpaired) electrons. The van der Waals surface area contributed by atoms with Gasteiger partial charge in [0.2, 0.25) is 0 Å². The van der Waals surface area contributed by atoms with E-state index in [0.29, 0.717) is 0 Å². The maximum absolute atomic E-state index is 0. The second kappa shape index (κ2) is 18.3. The minimum absolute atomic E-state index is 0. The predicted octanol–water partition coefficient (Wildman–Crippen LogP) is -1.08. The molecule has 0 aliphatic rings. The van der Waals surface area contributed by atoms with Crippen LogP contribution in [0.25, 0.3) is 0 Å². The minimum atomic E-state index is 0. The molecule has 0 saturated heterocycles. The molecule has 0 heterocycles. The first-order valence-corrected chi connectivity index (χ1v) is 0. The Labute approximate surface area is 75.0 Å². The Kier molecular flexibility index (Phi) is 150. The van der Waals surface area contributed by atoms with E-state index in [1.165, 1.54) is 0 Å². The van der Waals surface area contributed by atoms with Crippen LogP contribution in [0.2, 0.25) is 0 Å². The first-order valence-electron chi connectivity index (χ1n) is 0. The zero-order valence-electron chi connectivity index (χ0n) is 2.25. The van der Waals surface area contributed by atoms with E-state index in [1.807, 2.05) is 0 Å². The van der Waals surface area contributed by atoms with E-state index in [-0.39, 0.29) is 76.0 Å². The van der Waals surface area contributed by atoms with Gasteiger partial charge >= 0.3 is 26.2 Å². The average molecular weight is 370 g/mol. The smallest absolute Gasteiger partial charge is 0 e. The van der Waals surface area contributed by atoms with Gasteiger partial charge in [0.15, 0.2) is 0 Å². The largest absolute Gasteiger partial charge is 0 e. The fourth-order valence-electron chi connectivity index (χ4n) is 0. The summed E-state index contributed by atoms with van der Waals surface area (Å²) in [5, 5.41) is 0. The normalized spacial score (nSPS) is 0. The van der Waals surface area contributed by atoms with Gasteiger partial charge in [-0.15, -0.1) is 0 Å². The summed E-state index contributed by atoms with van der Waals surface area (Å²) in [4.78, 5) is 0. The molecule has 0 atom stereocenters. The molecule has 0 aromatic rings. The van der Waals surface area contributed by atoms with Crippen molar-refractivity contribution in [2.75, 3.05) is 0 Å². The molecule has 0 aliphatic heterocycles. The Morgan fingerprint density at radius 1 is 1.00 bits per heavy atom. The summed E-state index contributed by atoms with van der Waals surface area (Å²) in [7, 11) is 0. The van der Waals surface area contributed by atoms with Crippen LogP contribution in [-0.2, 0) is 36.3 Å². The van der Waals surface area contributed by atoms with E-state index in [4.69, 9.17) is 0 Å². The Morgan fingerprint density at radius 3 is 1.00 bits per heavy atom. The molecular formula is H5BiCoSZn. The summed E-state index contributed by atoms with van der Waals surface area (Å²) < 4.78 is 0. The van der Waals surface area contributed by atoms with Crippen LogP contribution in [0.4, 0.5) is 0 Å². The maximum atomic E-state index is 0. The molecule has 0 spiro atoms. The van der Waals surface area contributed by atoms with Gasteiger partial charge in [-0.1, -0.05) is 0 Å². The predicted molar refractivity (Wildman–Crippen MR) is 20.3 cm³/mol. The molecule has 0 saturated carbocycles. The summed E-state index contributed by atoms with van der Waals surface area (Å²) in [5.41, 5.74) is 0. The van der Waals surface area contributed by atoms with Crippen molar-refractivity contribution in [3.63, 3.8) is 0 Å². The fraction of sp³-hybridized carbons (Fsp3) is 0. The third-order valence-electron chi connectivity index (χ3n) is 0. The van der Waals surface area contributed by atoms with Crippen LogP contribution >= 0.6 is 13.5 Å². The van der Waals surface area contributed by atoms with Crippen molar-refractivity contribution in [3.8, 4) is 0 Å². The standard InChI is InChI=1S/Bi.Co.H2S.Zn.3H/h;;1H2;;;;. The van der Waals surface area contributed by atoms with Gasteiger partial charge in [-0.2, -0.15) is 13.5 Å². The molecule has 0 aliphatic carbocycles. The van der Waals surface area contributed by atoms with Crippen molar-refractivity contribution in [1.82, 2.24) is 0 Å². The van der Waals surface area contributed by atoms with Crippen LogP contribution in [0.3, 0.4) is 0 Å². The summed E-state index contributed by atoms with van der Waals surface area (Å²) >= 11 is 0. The molecule has 27 valence electrons. The minimum Gasteiger partial charge on any atom is 0 e. The van der Waals surface area contributed by atoms with Gasteiger partial charge in [-0.25, -0.2) is 0 Å². The molecule has 4 heavy (non-hydrogen) atoms. The van der Waals surface area contributed by atoms with Gasteiger partial charge in [-0.05, 0) is 0 Å². The molecule has 0 fully saturated rings.